The highest BCUT2D eigenvalue weighted by Crippen LogP contribution is 2.49. The molecule has 24 heavy (non-hydrogen) atoms. The molecule has 0 saturated heterocycles. The van der Waals surface area contributed by atoms with E-state index in [2.05, 4.69) is 15.6 Å². The average molecular weight is 355 g/mol. The summed E-state index contributed by atoms with van der Waals surface area (Å²) >= 11 is 0. The van der Waals surface area contributed by atoms with Gasteiger partial charge in [0, 0.05) is 24.3 Å². The Bertz CT molecular complexity index is 685. The molecule has 0 unspecified atom stereocenters. The maximum atomic E-state index is 14.0. The van der Waals surface area contributed by atoms with Gasteiger partial charge in [0.05, 0.1) is 12.3 Å². The molecular formula is C17H26FN3O2S. The molecule has 0 spiro atoms. The van der Waals surface area contributed by atoms with Crippen LogP contribution in [0.5, 0.6) is 0 Å². The third-order valence-electron chi connectivity index (χ3n) is 4.33. The van der Waals surface area contributed by atoms with Gasteiger partial charge >= 0.3 is 0 Å². The number of nitrogens with one attached hydrogen (secondary N) is 2. The first-order valence-electron chi connectivity index (χ1n) is 8.40. The van der Waals surface area contributed by atoms with Crippen LogP contribution in [0.3, 0.4) is 0 Å². The number of halogens is 1. The third-order valence-corrected chi connectivity index (χ3v) is 6.03. The quantitative estimate of drug-likeness (QED) is 0.551. The number of hydrogen-bond donors (Lipinski definition) is 2. The zero-order chi connectivity index (χ0) is 17.6. The molecule has 1 aromatic rings. The second kappa shape index (κ2) is 7.96. The van der Waals surface area contributed by atoms with Crippen LogP contribution >= 0.6 is 0 Å². The van der Waals surface area contributed by atoms with Gasteiger partial charge in [0.2, 0.25) is 0 Å². The summed E-state index contributed by atoms with van der Waals surface area (Å²) in [5, 5.41) is 6.15. The van der Waals surface area contributed by atoms with E-state index in [1.54, 1.807) is 13.0 Å². The van der Waals surface area contributed by atoms with Gasteiger partial charge in [-0.15, -0.1) is 0 Å². The molecule has 5 nitrogen and oxygen atoms in total. The lowest BCUT2D eigenvalue weighted by Gasteiger charge is -2.16. The number of nitrogens with zero attached hydrogens (tertiary/aromatic N) is 1. The van der Waals surface area contributed by atoms with Crippen molar-refractivity contribution < 1.29 is 12.8 Å². The van der Waals surface area contributed by atoms with Crippen molar-refractivity contribution in [2.75, 3.05) is 31.1 Å². The van der Waals surface area contributed by atoms with Crippen molar-refractivity contribution in [2.45, 2.75) is 32.1 Å². The van der Waals surface area contributed by atoms with Crippen LogP contribution < -0.4 is 10.6 Å². The fourth-order valence-electron chi connectivity index (χ4n) is 2.60. The lowest BCUT2D eigenvalue weighted by molar-refractivity contribution is 0.572. The fraction of sp³-hybridized carbons (Fsp3) is 0.588. The predicted octanol–water partition coefficient (Wildman–Crippen LogP) is 1.85. The summed E-state index contributed by atoms with van der Waals surface area (Å²) < 4.78 is 37.1. The van der Waals surface area contributed by atoms with E-state index in [1.807, 2.05) is 19.1 Å². The largest absolute Gasteiger partial charge is 0.357 e. The topological polar surface area (TPSA) is 70.6 Å². The van der Waals surface area contributed by atoms with Gasteiger partial charge in [-0.05, 0) is 31.4 Å². The summed E-state index contributed by atoms with van der Waals surface area (Å²) in [6.07, 6.45) is 1.84. The van der Waals surface area contributed by atoms with Crippen molar-refractivity contribution in [2.24, 2.45) is 4.99 Å². The van der Waals surface area contributed by atoms with E-state index in [0.29, 0.717) is 25.6 Å². The summed E-state index contributed by atoms with van der Waals surface area (Å²) in [7, 11) is -3.00. The molecule has 1 aliphatic carbocycles. The summed E-state index contributed by atoms with van der Waals surface area (Å²) in [5.41, 5.74) is 0.501. The Morgan fingerprint density at radius 1 is 1.25 bits per heavy atom. The van der Waals surface area contributed by atoms with E-state index in [1.165, 1.54) is 6.07 Å². The maximum Gasteiger partial charge on any atom is 0.191 e. The van der Waals surface area contributed by atoms with Gasteiger partial charge in [-0.3, -0.25) is 4.99 Å². The van der Waals surface area contributed by atoms with Crippen LogP contribution in [0.2, 0.25) is 0 Å². The Labute approximate surface area is 143 Å². The number of rotatable bonds is 8. The number of aliphatic imine (C=N–C) groups is 1. The Kier molecular flexibility index (Phi) is 6.21. The Balaban J connectivity index is 1.99. The first-order valence-corrected chi connectivity index (χ1v) is 10.2. The van der Waals surface area contributed by atoms with Crippen LogP contribution in [0.25, 0.3) is 0 Å². The molecule has 1 aliphatic rings. The van der Waals surface area contributed by atoms with Crippen LogP contribution in [-0.2, 0) is 15.3 Å². The summed E-state index contributed by atoms with van der Waals surface area (Å²) in [6, 6.07) is 6.85. The van der Waals surface area contributed by atoms with E-state index < -0.39 is 9.84 Å². The SMILES string of the molecule is CCNC(=NCC1(c2ccccc2F)CC1)NCCS(=O)(=O)CC. The van der Waals surface area contributed by atoms with Crippen LogP contribution in [0, 0.1) is 5.82 Å². The second-order valence-electron chi connectivity index (χ2n) is 6.12. The molecule has 1 aromatic carbocycles. The van der Waals surface area contributed by atoms with Gasteiger partial charge in [-0.25, -0.2) is 12.8 Å². The Morgan fingerprint density at radius 2 is 1.96 bits per heavy atom. The minimum atomic E-state index is -3.00. The highest BCUT2D eigenvalue weighted by Gasteiger charge is 2.45. The molecule has 0 aliphatic heterocycles. The van der Waals surface area contributed by atoms with Gasteiger partial charge in [0.15, 0.2) is 15.8 Å². The molecule has 2 rings (SSSR count). The summed E-state index contributed by atoms with van der Waals surface area (Å²) in [5.74, 6) is 0.606. The molecule has 0 bridgehead atoms. The first kappa shape index (κ1) is 18.7. The number of hydrogen-bond acceptors (Lipinski definition) is 3. The van der Waals surface area contributed by atoms with E-state index >= 15 is 0 Å². The smallest absolute Gasteiger partial charge is 0.191 e. The van der Waals surface area contributed by atoms with E-state index in [-0.39, 0.29) is 22.7 Å². The molecule has 1 fully saturated rings. The molecule has 0 amide bonds. The number of sulfone groups is 1. The Morgan fingerprint density at radius 3 is 2.54 bits per heavy atom. The van der Waals surface area contributed by atoms with Gasteiger partial charge in [0.25, 0.3) is 0 Å². The Hall–Kier alpha value is -1.63. The van der Waals surface area contributed by atoms with Crippen molar-refractivity contribution >= 4 is 15.8 Å². The molecular weight excluding hydrogens is 329 g/mol. The fourth-order valence-corrected chi connectivity index (χ4v) is 3.30. The third kappa shape index (κ3) is 4.93. The van der Waals surface area contributed by atoms with Crippen LogP contribution in [0.1, 0.15) is 32.3 Å². The summed E-state index contributed by atoms with van der Waals surface area (Å²) in [4.78, 5) is 4.54. The monoisotopic (exact) mass is 355 g/mol. The van der Waals surface area contributed by atoms with Crippen LogP contribution in [0.4, 0.5) is 4.39 Å². The molecule has 7 heteroatoms. The zero-order valence-corrected chi connectivity index (χ0v) is 15.1. The summed E-state index contributed by atoms with van der Waals surface area (Å²) in [6.45, 7) is 5.07. The first-order chi connectivity index (χ1) is 11.4. The highest BCUT2D eigenvalue weighted by atomic mass is 32.2. The van der Waals surface area contributed by atoms with Gasteiger partial charge in [-0.1, -0.05) is 25.1 Å². The van der Waals surface area contributed by atoms with Crippen LogP contribution in [0.15, 0.2) is 29.3 Å². The molecule has 134 valence electrons. The molecule has 2 N–H and O–H groups in total. The second-order valence-corrected chi connectivity index (χ2v) is 8.59. The highest BCUT2D eigenvalue weighted by molar-refractivity contribution is 7.91. The van der Waals surface area contributed by atoms with E-state index in [4.69, 9.17) is 0 Å². The molecule has 1 saturated carbocycles. The lowest BCUT2D eigenvalue weighted by atomic mass is 9.95. The van der Waals surface area contributed by atoms with E-state index in [0.717, 1.165) is 18.4 Å². The number of guanidine groups is 1. The molecule has 0 heterocycles. The van der Waals surface area contributed by atoms with Gasteiger partial charge in [-0.2, -0.15) is 0 Å². The maximum absolute atomic E-state index is 14.0. The van der Waals surface area contributed by atoms with E-state index in [9.17, 15) is 12.8 Å². The average Bonchev–Trinajstić information content (AvgIpc) is 3.34. The predicted molar refractivity (Wildman–Crippen MR) is 95.6 cm³/mol. The van der Waals surface area contributed by atoms with Crippen molar-refractivity contribution in [3.05, 3.63) is 35.6 Å². The lowest BCUT2D eigenvalue weighted by Crippen LogP contribution is -2.40. The van der Waals surface area contributed by atoms with Gasteiger partial charge in [0.1, 0.15) is 5.82 Å². The van der Waals surface area contributed by atoms with Crippen LogP contribution in [-0.4, -0.2) is 45.5 Å². The molecule has 0 radical (unpaired) electrons. The van der Waals surface area contributed by atoms with Crippen molar-refractivity contribution in [1.29, 1.82) is 0 Å². The normalized spacial score (nSPS) is 16.7. The van der Waals surface area contributed by atoms with Gasteiger partial charge < -0.3 is 10.6 Å². The number of benzene rings is 1. The molecule has 0 atom stereocenters. The van der Waals surface area contributed by atoms with Crippen molar-refractivity contribution in [3.8, 4) is 0 Å². The minimum absolute atomic E-state index is 0.0758. The standard InChI is InChI=1S/C17H26FN3O2S/c1-3-19-16(20-11-12-24(22,23)4-2)21-13-17(9-10-17)14-7-5-6-8-15(14)18/h5-8H,3-4,9-13H2,1-2H3,(H2,19,20,21). The van der Waals surface area contributed by atoms with Crippen molar-refractivity contribution in [3.63, 3.8) is 0 Å². The zero-order valence-electron chi connectivity index (χ0n) is 14.3. The minimum Gasteiger partial charge on any atom is -0.357 e. The van der Waals surface area contributed by atoms with Crippen molar-refractivity contribution in [1.82, 2.24) is 10.6 Å². The molecule has 0 aromatic heterocycles.